The van der Waals surface area contributed by atoms with Crippen LogP contribution in [0.4, 0.5) is 5.69 Å². The molecular formula is C19H20N2O2S. The van der Waals surface area contributed by atoms with Gasteiger partial charge in [0.25, 0.3) is 5.91 Å². The van der Waals surface area contributed by atoms with Crippen LogP contribution < -0.4 is 5.32 Å². The van der Waals surface area contributed by atoms with Crippen LogP contribution in [0.3, 0.4) is 0 Å². The average molecular weight is 340 g/mol. The molecule has 3 aromatic rings. The number of benzene rings is 1. The number of hydrogen-bond acceptors (Lipinski definition) is 4. The number of thiophene rings is 1. The summed E-state index contributed by atoms with van der Waals surface area (Å²) in [5.41, 5.74) is 3.87. The third-order valence-corrected chi connectivity index (χ3v) is 5.05. The molecular weight excluding hydrogens is 320 g/mol. The second-order valence-electron chi connectivity index (χ2n) is 6.09. The van der Waals surface area contributed by atoms with Crippen LogP contribution in [0.5, 0.6) is 0 Å². The van der Waals surface area contributed by atoms with Crippen LogP contribution >= 0.6 is 11.3 Å². The molecule has 0 saturated carbocycles. The molecule has 0 aliphatic heterocycles. The number of aryl methyl sites for hydroxylation is 2. The van der Waals surface area contributed by atoms with Crippen molar-refractivity contribution in [2.75, 3.05) is 5.32 Å². The molecule has 0 saturated heterocycles. The molecule has 0 fully saturated rings. The molecule has 124 valence electrons. The molecule has 1 aromatic carbocycles. The number of nitrogens with one attached hydrogen (secondary N) is 1. The first-order valence-corrected chi connectivity index (χ1v) is 8.71. The van der Waals surface area contributed by atoms with E-state index in [1.807, 2.05) is 50.2 Å². The summed E-state index contributed by atoms with van der Waals surface area (Å²) in [7, 11) is 0. The number of aromatic nitrogens is 1. The second kappa shape index (κ2) is 6.61. The third-order valence-electron chi connectivity index (χ3n) is 3.94. The van der Waals surface area contributed by atoms with E-state index in [0.717, 1.165) is 27.6 Å². The molecule has 0 spiro atoms. The van der Waals surface area contributed by atoms with E-state index >= 15 is 0 Å². The van der Waals surface area contributed by atoms with Crippen LogP contribution in [0.1, 0.15) is 46.5 Å². The van der Waals surface area contributed by atoms with Crippen molar-refractivity contribution in [1.82, 2.24) is 5.16 Å². The zero-order valence-corrected chi connectivity index (χ0v) is 15.0. The summed E-state index contributed by atoms with van der Waals surface area (Å²) in [6.45, 7) is 8.08. The van der Waals surface area contributed by atoms with Gasteiger partial charge in [-0.25, -0.2) is 0 Å². The lowest BCUT2D eigenvalue weighted by Crippen LogP contribution is -2.09. The summed E-state index contributed by atoms with van der Waals surface area (Å²) < 4.78 is 5.20. The van der Waals surface area contributed by atoms with Gasteiger partial charge in [0.05, 0.1) is 16.1 Å². The summed E-state index contributed by atoms with van der Waals surface area (Å²) in [6.07, 6.45) is 0. The van der Waals surface area contributed by atoms with E-state index in [1.54, 1.807) is 0 Å². The standard InChI is InChI=1S/C19H20N2O2S/c1-11(2)14-5-7-15(8-6-14)20-19(22)17-10-9-16(24-17)18-12(3)21-23-13(18)4/h5-11H,1-4H3,(H,20,22). The molecule has 24 heavy (non-hydrogen) atoms. The Balaban J connectivity index is 1.77. The molecule has 0 unspecified atom stereocenters. The number of carbonyl (C=O) groups is 1. The first-order chi connectivity index (χ1) is 11.5. The van der Waals surface area contributed by atoms with Crippen LogP contribution in [0.25, 0.3) is 10.4 Å². The van der Waals surface area contributed by atoms with Gasteiger partial charge in [0.15, 0.2) is 0 Å². The monoisotopic (exact) mass is 340 g/mol. The fourth-order valence-corrected chi connectivity index (χ4v) is 3.62. The van der Waals surface area contributed by atoms with Gasteiger partial charge in [-0.2, -0.15) is 0 Å². The maximum Gasteiger partial charge on any atom is 0.265 e. The highest BCUT2D eigenvalue weighted by molar-refractivity contribution is 7.17. The van der Waals surface area contributed by atoms with Crippen LogP contribution in [0.2, 0.25) is 0 Å². The zero-order valence-electron chi connectivity index (χ0n) is 14.2. The highest BCUT2D eigenvalue weighted by Gasteiger charge is 2.16. The van der Waals surface area contributed by atoms with E-state index in [2.05, 4.69) is 24.3 Å². The van der Waals surface area contributed by atoms with Crippen LogP contribution in [0, 0.1) is 13.8 Å². The molecule has 4 nitrogen and oxygen atoms in total. The highest BCUT2D eigenvalue weighted by atomic mass is 32.1. The smallest absolute Gasteiger partial charge is 0.265 e. The maximum atomic E-state index is 12.4. The van der Waals surface area contributed by atoms with Gasteiger partial charge in [-0.05, 0) is 49.6 Å². The van der Waals surface area contributed by atoms with Crippen molar-refractivity contribution in [3.05, 3.63) is 58.3 Å². The lowest BCUT2D eigenvalue weighted by Gasteiger charge is -2.07. The number of carbonyl (C=O) groups excluding carboxylic acids is 1. The first-order valence-electron chi connectivity index (χ1n) is 7.90. The fourth-order valence-electron chi connectivity index (χ4n) is 2.57. The van der Waals surface area contributed by atoms with Gasteiger partial charge in [0, 0.05) is 10.6 Å². The normalized spacial score (nSPS) is 11.0. The minimum atomic E-state index is -0.102. The van der Waals surface area contributed by atoms with Crippen LogP contribution in [-0.2, 0) is 0 Å². The number of nitrogens with zero attached hydrogens (tertiary/aromatic N) is 1. The number of anilines is 1. The molecule has 1 amide bonds. The molecule has 0 atom stereocenters. The van der Waals surface area contributed by atoms with E-state index in [-0.39, 0.29) is 5.91 Å². The van der Waals surface area contributed by atoms with Crippen molar-refractivity contribution >= 4 is 22.9 Å². The quantitative estimate of drug-likeness (QED) is 0.692. The van der Waals surface area contributed by atoms with Crippen molar-refractivity contribution in [1.29, 1.82) is 0 Å². The summed E-state index contributed by atoms with van der Waals surface area (Å²) in [5.74, 6) is 1.14. The zero-order chi connectivity index (χ0) is 17.3. The summed E-state index contributed by atoms with van der Waals surface area (Å²) in [4.78, 5) is 14.1. The van der Waals surface area contributed by atoms with E-state index in [9.17, 15) is 4.79 Å². The lowest BCUT2D eigenvalue weighted by molar-refractivity contribution is 0.103. The van der Waals surface area contributed by atoms with Gasteiger partial charge in [-0.1, -0.05) is 31.1 Å². The molecule has 2 heterocycles. The Hall–Kier alpha value is -2.40. The van der Waals surface area contributed by atoms with E-state index in [1.165, 1.54) is 16.9 Å². The predicted octanol–water partition coefficient (Wildman–Crippen LogP) is 5.40. The molecule has 0 bridgehead atoms. The van der Waals surface area contributed by atoms with E-state index < -0.39 is 0 Å². The maximum absolute atomic E-state index is 12.4. The van der Waals surface area contributed by atoms with Crippen molar-refractivity contribution in [2.24, 2.45) is 0 Å². The predicted molar refractivity (Wildman–Crippen MR) is 97.8 cm³/mol. The van der Waals surface area contributed by atoms with Gasteiger partial charge in [0.1, 0.15) is 5.76 Å². The van der Waals surface area contributed by atoms with Crippen LogP contribution in [-0.4, -0.2) is 11.1 Å². The van der Waals surface area contributed by atoms with E-state index in [4.69, 9.17) is 4.52 Å². The Labute approximate surface area is 145 Å². The van der Waals surface area contributed by atoms with E-state index in [0.29, 0.717) is 10.8 Å². The summed E-state index contributed by atoms with van der Waals surface area (Å²) >= 11 is 1.44. The molecule has 0 aliphatic carbocycles. The Bertz CT molecular complexity index is 840. The Morgan fingerprint density at radius 1 is 1.12 bits per heavy atom. The third kappa shape index (κ3) is 3.26. The average Bonchev–Trinajstić information content (AvgIpc) is 3.14. The van der Waals surface area contributed by atoms with Crippen molar-refractivity contribution < 1.29 is 9.32 Å². The minimum Gasteiger partial charge on any atom is -0.361 e. The molecule has 0 radical (unpaired) electrons. The summed E-state index contributed by atoms with van der Waals surface area (Å²) in [6, 6.07) is 11.7. The molecule has 2 aromatic heterocycles. The number of hydrogen-bond donors (Lipinski definition) is 1. The summed E-state index contributed by atoms with van der Waals surface area (Å²) in [5, 5.41) is 6.91. The molecule has 1 N–H and O–H groups in total. The highest BCUT2D eigenvalue weighted by Crippen LogP contribution is 2.33. The van der Waals surface area contributed by atoms with Gasteiger partial charge in [0.2, 0.25) is 0 Å². The largest absolute Gasteiger partial charge is 0.361 e. The number of amides is 1. The first kappa shape index (κ1) is 16.5. The second-order valence-corrected chi connectivity index (χ2v) is 7.18. The van der Waals surface area contributed by atoms with Gasteiger partial charge >= 0.3 is 0 Å². The molecule has 0 aliphatic rings. The fraction of sp³-hybridized carbons (Fsp3) is 0.263. The Kier molecular flexibility index (Phi) is 4.53. The molecule has 5 heteroatoms. The van der Waals surface area contributed by atoms with Crippen LogP contribution in [0.15, 0.2) is 40.9 Å². The lowest BCUT2D eigenvalue weighted by atomic mass is 10.0. The topological polar surface area (TPSA) is 55.1 Å². The SMILES string of the molecule is Cc1noc(C)c1-c1ccc(C(=O)Nc2ccc(C(C)C)cc2)s1. The Morgan fingerprint density at radius 3 is 2.42 bits per heavy atom. The molecule has 3 rings (SSSR count). The van der Waals surface area contributed by atoms with Gasteiger partial charge < -0.3 is 9.84 Å². The van der Waals surface area contributed by atoms with Gasteiger partial charge in [-0.3, -0.25) is 4.79 Å². The Morgan fingerprint density at radius 2 is 1.83 bits per heavy atom. The van der Waals surface area contributed by atoms with Crippen molar-refractivity contribution in [3.63, 3.8) is 0 Å². The minimum absolute atomic E-state index is 0.102. The number of rotatable bonds is 4. The van der Waals surface area contributed by atoms with Crippen molar-refractivity contribution in [2.45, 2.75) is 33.6 Å². The van der Waals surface area contributed by atoms with Crippen molar-refractivity contribution in [3.8, 4) is 10.4 Å². The van der Waals surface area contributed by atoms with Gasteiger partial charge in [-0.15, -0.1) is 11.3 Å².